The van der Waals surface area contributed by atoms with E-state index in [0.717, 1.165) is 0 Å². The lowest BCUT2D eigenvalue weighted by Crippen LogP contribution is -2.34. The van der Waals surface area contributed by atoms with Crippen molar-refractivity contribution in [1.29, 1.82) is 0 Å². The molecule has 0 bridgehead atoms. The highest BCUT2D eigenvalue weighted by atomic mass is 35.5. The zero-order chi connectivity index (χ0) is 15.5. The van der Waals surface area contributed by atoms with Crippen LogP contribution in [0.3, 0.4) is 0 Å². The highest BCUT2D eigenvalue weighted by Crippen LogP contribution is 2.34. The quantitative estimate of drug-likeness (QED) is 0.885. The van der Waals surface area contributed by atoms with Gasteiger partial charge < -0.3 is 5.11 Å². The molecule has 0 saturated carbocycles. The average Bonchev–Trinajstić information content (AvgIpc) is 2.90. The van der Waals surface area contributed by atoms with Crippen LogP contribution in [0.4, 0.5) is 0 Å². The third-order valence-corrected chi connectivity index (χ3v) is 3.75. The first-order valence-electron chi connectivity index (χ1n) is 6.46. The normalized spacial score (nSPS) is 13.9. The number of hydrogen-bond donors (Lipinski definition) is 1. The zero-order valence-corrected chi connectivity index (χ0v) is 13.0. The van der Waals surface area contributed by atoms with Crippen molar-refractivity contribution < 1.29 is 9.90 Å². The molecule has 0 fully saturated rings. The number of rotatable bonds is 6. The summed E-state index contributed by atoms with van der Waals surface area (Å²) in [5, 5.41) is 15.7. The number of benzene rings is 1. The van der Waals surface area contributed by atoms with E-state index in [1.54, 1.807) is 25.1 Å². The summed E-state index contributed by atoms with van der Waals surface area (Å²) in [6, 6.07) is 4.80. The summed E-state index contributed by atoms with van der Waals surface area (Å²) in [7, 11) is 0. The number of aliphatic hydroxyl groups is 1. The molecule has 2 rings (SSSR count). The molecular weight excluding hydrogens is 313 g/mol. The minimum absolute atomic E-state index is 0.0509. The lowest BCUT2D eigenvalue weighted by atomic mass is 9.88. The number of hydrogen-bond acceptors (Lipinski definition) is 4. The van der Waals surface area contributed by atoms with Crippen molar-refractivity contribution in [1.82, 2.24) is 14.8 Å². The number of nitrogens with zero attached hydrogens (tertiary/aromatic N) is 3. The second-order valence-electron chi connectivity index (χ2n) is 4.82. The molecule has 1 aromatic carbocycles. The van der Waals surface area contributed by atoms with Gasteiger partial charge in [-0.3, -0.25) is 4.79 Å². The molecule has 7 heteroatoms. The maximum atomic E-state index is 11.8. The van der Waals surface area contributed by atoms with Gasteiger partial charge in [0.2, 0.25) is 0 Å². The van der Waals surface area contributed by atoms with E-state index in [0.29, 0.717) is 22.0 Å². The number of carbonyl (C=O) groups excluding carboxylic acids is 1. The Bertz CT molecular complexity index is 631. The molecule has 1 atom stereocenters. The summed E-state index contributed by atoms with van der Waals surface area (Å²) < 4.78 is 1.47. The second-order valence-corrected chi connectivity index (χ2v) is 5.66. The van der Waals surface area contributed by atoms with Crippen molar-refractivity contribution in [3.8, 4) is 0 Å². The maximum Gasteiger partial charge on any atom is 0.137 e. The molecule has 1 unspecified atom stereocenters. The van der Waals surface area contributed by atoms with Crippen molar-refractivity contribution in [2.45, 2.75) is 31.9 Å². The topological polar surface area (TPSA) is 68.0 Å². The minimum Gasteiger partial charge on any atom is -0.383 e. The first kappa shape index (κ1) is 15.9. The van der Waals surface area contributed by atoms with E-state index < -0.39 is 5.60 Å². The lowest BCUT2D eigenvalue weighted by molar-refractivity contribution is -0.124. The summed E-state index contributed by atoms with van der Waals surface area (Å²) in [5.41, 5.74) is -1.01. The van der Waals surface area contributed by atoms with Gasteiger partial charge in [0.1, 0.15) is 24.0 Å². The minimum atomic E-state index is -1.46. The van der Waals surface area contributed by atoms with Crippen LogP contribution in [0.15, 0.2) is 30.9 Å². The Morgan fingerprint density at radius 3 is 2.76 bits per heavy atom. The average molecular weight is 328 g/mol. The van der Waals surface area contributed by atoms with Gasteiger partial charge in [-0.05, 0) is 12.1 Å². The molecule has 0 aliphatic carbocycles. The Balaban J connectivity index is 2.41. The summed E-state index contributed by atoms with van der Waals surface area (Å²) in [6.07, 6.45) is 3.13. The molecule has 1 aromatic heterocycles. The van der Waals surface area contributed by atoms with Crippen molar-refractivity contribution in [2.75, 3.05) is 0 Å². The Kier molecular flexibility index (Phi) is 4.98. The largest absolute Gasteiger partial charge is 0.383 e. The maximum absolute atomic E-state index is 11.8. The molecule has 0 aliphatic heterocycles. The van der Waals surface area contributed by atoms with Gasteiger partial charge in [-0.15, -0.1) is 0 Å². The van der Waals surface area contributed by atoms with Crippen LogP contribution in [0.1, 0.15) is 25.3 Å². The molecule has 0 spiro atoms. The number of aromatic nitrogens is 3. The zero-order valence-electron chi connectivity index (χ0n) is 11.5. The first-order valence-corrected chi connectivity index (χ1v) is 7.22. The van der Waals surface area contributed by atoms with Gasteiger partial charge in [0.15, 0.2) is 0 Å². The van der Waals surface area contributed by atoms with E-state index in [1.807, 2.05) is 0 Å². The molecule has 0 aliphatic rings. The highest BCUT2D eigenvalue weighted by Gasteiger charge is 2.34. The smallest absolute Gasteiger partial charge is 0.137 e. The standard InChI is InChI=1S/C14H15Cl2N3O2/c1-2-11(20)6-14(21,7-19-9-17-8-18-19)12-4-3-10(15)5-13(12)16/h3-5,8-9,21H,2,6-7H2,1H3. The summed E-state index contributed by atoms with van der Waals surface area (Å²) in [5.74, 6) is -0.0661. The van der Waals surface area contributed by atoms with Crippen molar-refractivity contribution in [3.05, 3.63) is 46.5 Å². The van der Waals surface area contributed by atoms with Gasteiger partial charge in [0, 0.05) is 28.5 Å². The van der Waals surface area contributed by atoms with Gasteiger partial charge in [0.25, 0.3) is 0 Å². The molecule has 2 aromatic rings. The highest BCUT2D eigenvalue weighted by molar-refractivity contribution is 6.35. The van der Waals surface area contributed by atoms with Crippen LogP contribution in [-0.4, -0.2) is 25.7 Å². The van der Waals surface area contributed by atoms with Crippen LogP contribution < -0.4 is 0 Å². The Labute approximate surface area is 132 Å². The fraction of sp³-hybridized carbons (Fsp3) is 0.357. The van der Waals surface area contributed by atoms with Crippen LogP contribution >= 0.6 is 23.2 Å². The lowest BCUT2D eigenvalue weighted by Gasteiger charge is -2.28. The Morgan fingerprint density at radius 2 is 2.19 bits per heavy atom. The van der Waals surface area contributed by atoms with E-state index >= 15 is 0 Å². The number of halogens is 2. The Morgan fingerprint density at radius 1 is 1.43 bits per heavy atom. The van der Waals surface area contributed by atoms with Crippen LogP contribution in [0, 0.1) is 0 Å². The van der Waals surface area contributed by atoms with E-state index in [4.69, 9.17) is 23.2 Å². The van der Waals surface area contributed by atoms with Crippen LogP contribution in [0.2, 0.25) is 10.0 Å². The Hall–Kier alpha value is -1.43. The second kappa shape index (κ2) is 6.56. The fourth-order valence-corrected chi connectivity index (χ4v) is 2.72. The molecule has 0 amide bonds. The molecular formula is C14H15Cl2N3O2. The van der Waals surface area contributed by atoms with Gasteiger partial charge in [-0.1, -0.05) is 36.2 Å². The van der Waals surface area contributed by atoms with Crippen LogP contribution in [-0.2, 0) is 16.9 Å². The van der Waals surface area contributed by atoms with Crippen LogP contribution in [0.5, 0.6) is 0 Å². The third-order valence-electron chi connectivity index (χ3n) is 3.21. The molecule has 1 heterocycles. The van der Waals surface area contributed by atoms with Gasteiger partial charge >= 0.3 is 0 Å². The van der Waals surface area contributed by atoms with Gasteiger partial charge in [-0.25, -0.2) is 9.67 Å². The number of carbonyl (C=O) groups is 1. The fourth-order valence-electron chi connectivity index (χ4n) is 2.14. The van der Waals surface area contributed by atoms with Crippen molar-refractivity contribution >= 4 is 29.0 Å². The molecule has 1 N–H and O–H groups in total. The molecule has 0 radical (unpaired) electrons. The van der Waals surface area contributed by atoms with E-state index in [9.17, 15) is 9.90 Å². The van der Waals surface area contributed by atoms with E-state index in [2.05, 4.69) is 10.1 Å². The monoisotopic (exact) mass is 327 g/mol. The molecule has 21 heavy (non-hydrogen) atoms. The van der Waals surface area contributed by atoms with Gasteiger partial charge in [-0.2, -0.15) is 5.10 Å². The summed E-state index contributed by atoms with van der Waals surface area (Å²) in [4.78, 5) is 15.7. The molecule has 112 valence electrons. The molecule has 5 nitrogen and oxygen atoms in total. The van der Waals surface area contributed by atoms with Gasteiger partial charge in [0.05, 0.1) is 6.54 Å². The predicted molar refractivity (Wildman–Crippen MR) is 80.3 cm³/mol. The van der Waals surface area contributed by atoms with Crippen molar-refractivity contribution in [2.24, 2.45) is 0 Å². The van der Waals surface area contributed by atoms with E-state index in [1.165, 1.54) is 17.3 Å². The summed E-state index contributed by atoms with van der Waals surface area (Å²) in [6.45, 7) is 1.84. The first-order chi connectivity index (χ1) is 9.94. The molecule has 0 saturated heterocycles. The van der Waals surface area contributed by atoms with Crippen LogP contribution in [0.25, 0.3) is 0 Å². The number of Topliss-reactive ketones (excluding diaryl/α,β-unsaturated/α-hetero) is 1. The van der Waals surface area contributed by atoms with Crippen molar-refractivity contribution in [3.63, 3.8) is 0 Å². The number of ketones is 1. The predicted octanol–water partition coefficient (Wildman–Crippen LogP) is 2.84. The SMILES string of the molecule is CCC(=O)CC(O)(Cn1cncn1)c1ccc(Cl)cc1Cl. The van der Waals surface area contributed by atoms with E-state index in [-0.39, 0.29) is 18.7 Å². The summed E-state index contributed by atoms with van der Waals surface area (Å²) >= 11 is 12.1. The third kappa shape index (κ3) is 3.81.